The maximum absolute atomic E-state index is 12.3. The molecule has 0 saturated carbocycles. The van der Waals surface area contributed by atoms with E-state index in [1.165, 1.54) is 0 Å². The summed E-state index contributed by atoms with van der Waals surface area (Å²) in [5.74, 6) is -0.518. The predicted octanol–water partition coefficient (Wildman–Crippen LogP) is 3.37. The van der Waals surface area contributed by atoms with Crippen molar-refractivity contribution in [1.29, 1.82) is 0 Å². The van der Waals surface area contributed by atoms with E-state index in [4.69, 9.17) is 0 Å². The van der Waals surface area contributed by atoms with Crippen molar-refractivity contribution in [3.8, 4) is 0 Å². The van der Waals surface area contributed by atoms with E-state index in [0.29, 0.717) is 11.4 Å². The van der Waals surface area contributed by atoms with Crippen molar-refractivity contribution in [3.05, 3.63) is 63.6 Å². The Hall–Kier alpha value is -2.19. The molecule has 0 heterocycles. The summed E-state index contributed by atoms with van der Waals surface area (Å²) in [7, 11) is -3.63. The number of hydrogen-bond acceptors (Lipinski definition) is 4. The van der Waals surface area contributed by atoms with Gasteiger partial charge in [-0.2, -0.15) is 5.10 Å². The Morgan fingerprint density at radius 1 is 1.19 bits per heavy atom. The summed E-state index contributed by atoms with van der Waals surface area (Å²) in [6, 6.07) is 13.0. The van der Waals surface area contributed by atoms with Gasteiger partial charge in [-0.25, -0.2) is 13.8 Å². The smallest absolute Gasteiger partial charge is 0.260 e. The first-order valence-corrected chi connectivity index (χ1v) is 10.9. The summed E-state index contributed by atoms with van der Waals surface area (Å²) in [4.78, 5) is 12.3. The molecule has 0 saturated heterocycles. The zero-order valence-electron chi connectivity index (χ0n) is 15.7. The van der Waals surface area contributed by atoms with Crippen molar-refractivity contribution >= 4 is 43.3 Å². The van der Waals surface area contributed by atoms with Crippen LogP contribution in [0.25, 0.3) is 0 Å². The molecule has 144 valence electrons. The molecule has 0 aliphatic heterocycles. The molecule has 0 aliphatic rings. The predicted molar refractivity (Wildman–Crippen MR) is 113 cm³/mol. The van der Waals surface area contributed by atoms with Crippen LogP contribution < -0.4 is 9.73 Å². The summed E-state index contributed by atoms with van der Waals surface area (Å²) >= 11 is 3.39. The van der Waals surface area contributed by atoms with Crippen molar-refractivity contribution in [3.63, 3.8) is 0 Å². The second kappa shape index (κ2) is 8.67. The number of carbonyl (C=O) groups excluding carboxylic acids is 1. The van der Waals surface area contributed by atoms with Crippen molar-refractivity contribution in [1.82, 2.24) is 5.43 Å². The van der Waals surface area contributed by atoms with E-state index in [-0.39, 0.29) is 6.54 Å². The summed E-state index contributed by atoms with van der Waals surface area (Å²) in [5.41, 5.74) is 6.06. The van der Waals surface area contributed by atoms with Gasteiger partial charge in [0.15, 0.2) is 0 Å². The molecule has 2 aromatic rings. The van der Waals surface area contributed by atoms with Crippen LogP contribution in [-0.2, 0) is 14.8 Å². The summed E-state index contributed by atoms with van der Waals surface area (Å²) < 4.78 is 26.5. The molecule has 0 aromatic heterocycles. The Bertz CT molecular complexity index is 987. The lowest BCUT2D eigenvalue weighted by Crippen LogP contribution is -2.39. The van der Waals surface area contributed by atoms with Gasteiger partial charge in [0.1, 0.15) is 6.54 Å². The molecule has 8 heteroatoms. The van der Waals surface area contributed by atoms with Crippen LogP contribution in [0.1, 0.15) is 23.6 Å². The number of amides is 1. The first kappa shape index (κ1) is 21.1. The number of anilines is 1. The van der Waals surface area contributed by atoms with Gasteiger partial charge in [0.25, 0.3) is 5.91 Å². The zero-order valence-corrected chi connectivity index (χ0v) is 18.1. The van der Waals surface area contributed by atoms with Gasteiger partial charge in [-0.15, -0.1) is 0 Å². The molecule has 0 aliphatic carbocycles. The van der Waals surface area contributed by atoms with E-state index in [1.807, 2.05) is 43.3 Å². The van der Waals surface area contributed by atoms with Gasteiger partial charge >= 0.3 is 0 Å². The van der Waals surface area contributed by atoms with Gasteiger partial charge in [0.2, 0.25) is 10.0 Å². The first-order chi connectivity index (χ1) is 12.6. The molecule has 2 rings (SSSR count). The van der Waals surface area contributed by atoms with Crippen molar-refractivity contribution in [2.24, 2.45) is 5.10 Å². The standard InChI is InChI=1S/C19H22BrN3O3S/c1-13-8-9-14(2)18(10-13)23(27(4,25)26)12-19(24)22-21-15(3)16-6-5-7-17(20)11-16/h5-11H,12H2,1-4H3,(H,22,24)/b21-15-. The van der Waals surface area contributed by atoms with E-state index in [0.717, 1.165) is 31.7 Å². The highest BCUT2D eigenvalue weighted by atomic mass is 79.9. The van der Waals surface area contributed by atoms with E-state index in [1.54, 1.807) is 19.9 Å². The summed E-state index contributed by atoms with van der Waals surface area (Å²) in [6.45, 7) is 5.09. The average Bonchev–Trinajstić information content (AvgIpc) is 2.59. The van der Waals surface area contributed by atoms with Crippen LogP contribution in [0.4, 0.5) is 5.69 Å². The van der Waals surface area contributed by atoms with Crippen LogP contribution in [0.2, 0.25) is 0 Å². The zero-order chi connectivity index (χ0) is 20.2. The van der Waals surface area contributed by atoms with Crippen molar-refractivity contribution in [2.45, 2.75) is 20.8 Å². The summed E-state index contributed by atoms with van der Waals surface area (Å²) in [5, 5.41) is 4.08. The number of carbonyl (C=O) groups is 1. The van der Waals surface area contributed by atoms with Gasteiger partial charge in [-0.3, -0.25) is 9.10 Å². The number of hydrogen-bond donors (Lipinski definition) is 1. The number of nitrogens with zero attached hydrogens (tertiary/aromatic N) is 2. The number of hydrazone groups is 1. The molecule has 1 amide bonds. The first-order valence-electron chi connectivity index (χ1n) is 8.22. The number of sulfonamides is 1. The van der Waals surface area contributed by atoms with Gasteiger partial charge in [-0.05, 0) is 55.7 Å². The van der Waals surface area contributed by atoms with Crippen LogP contribution in [0.5, 0.6) is 0 Å². The second-order valence-electron chi connectivity index (χ2n) is 6.30. The normalized spacial score (nSPS) is 12.0. The monoisotopic (exact) mass is 451 g/mol. The maximum Gasteiger partial charge on any atom is 0.260 e. The minimum Gasteiger partial charge on any atom is -0.271 e. The summed E-state index contributed by atoms with van der Waals surface area (Å²) in [6.07, 6.45) is 1.08. The van der Waals surface area contributed by atoms with Crippen LogP contribution in [-0.4, -0.2) is 32.8 Å². The fourth-order valence-electron chi connectivity index (χ4n) is 2.46. The van der Waals surface area contributed by atoms with Crippen molar-refractivity contribution in [2.75, 3.05) is 17.1 Å². The van der Waals surface area contributed by atoms with E-state index >= 15 is 0 Å². The van der Waals surface area contributed by atoms with Crippen LogP contribution in [0, 0.1) is 13.8 Å². The molecule has 6 nitrogen and oxygen atoms in total. The molecule has 0 bridgehead atoms. The molecule has 1 N–H and O–H groups in total. The minimum atomic E-state index is -3.63. The lowest BCUT2D eigenvalue weighted by atomic mass is 10.1. The molecule has 0 atom stereocenters. The number of rotatable bonds is 6. The fraction of sp³-hybridized carbons (Fsp3) is 0.263. The average molecular weight is 452 g/mol. The number of aryl methyl sites for hydroxylation is 2. The van der Waals surface area contributed by atoms with Gasteiger partial charge in [0, 0.05) is 4.47 Å². The van der Waals surface area contributed by atoms with Crippen molar-refractivity contribution < 1.29 is 13.2 Å². The van der Waals surface area contributed by atoms with Gasteiger partial charge in [0.05, 0.1) is 17.7 Å². The number of nitrogens with one attached hydrogen (secondary N) is 1. The SMILES string of the molecule is C/C(=N/NC(=O)CN(c1cc(C)ccc1C)S(C)(=O)=O)c1cccc(Br)c1. The van der Waals surface area contributed by atoms with Crippen LogP contribution in [0.15, 0.2) is 52.0 Å². The maximum atomic E-state index is 12.3. The molecule has 2 aromatic carbocycles. The third-order valence-corrected chi connectivity index (χ3v) is 5.53. The highest BCUT2D eigenvalue weighted by Gasteiger charge is 2.22. The minimum absolute atomic E-state index is 0.349. The Morgan fingerprint density at radius 3 is 2.52 bits per heavy atom. The van der Waals surface area contributed by atoms with Gasteiger partial charge < -0.3 is 0 Å². The fourth-order valence-corrected chi connectivity index (χ4v) is 3.76. The Labute approximate surface area is 168 Å². The molecular weight excluding hydrogens is 430 g/mol. The number of benzene rings is 2. The molecular formula is C19H22BrN3O3S. The third-order valence-electron chi connectivity index (χ3n) is 3.91. The van der Waals surface area contributed by atoms with Crippen LogP contribution >= 0.6 is 15.9 Å². The molecule has 0 fully saturated rings. The largest absolute Gasteiger partial charge is 0.271 e. The Kier molecular flexibility index (Phi) is 6.78. The second-order valence-corrected chi connectivity index (χ2v) is 9.12. The van der Waals surface area contributed by atoms with E-state index in [9.17, 15) is 13.2 Å². The third kappa shape index (κ3) is 5.90. The Morgan fingerprint density at radius 2 is 1.89 bits per heavy atom. The highest BCUT2D eigenvalue weighted by Crippen LogP contribution is 2.23. The van der Waals surface area contributed by atoms with E-state index in [2.05, 4.69) is 26.5 Å². The van der Waals surface area contributed by atoms with E-state index < -0.39 is 15.9 Å². The topological polar surface area (TPSA) is 78.8 Å². The Balaban J connectivity index is 2.20. The molecule has 0 unspecified atom stereocenters. The quantitative estimate of drug-likeness (QED) is 0.539. The lowest BCUT2D eigenvalue weighted by molar-refractivity contribution is -0.119. The number of halogens is 1. The molecule has 27 heavy (non-hydrogen) atoms. The van der Waals surface area contributed by atoms with Gasteiger partial charge in [-0.1, -0.05) is 40.2 Å². The molecule has 0 spiro atoms. The van der Waals surface area contributed by atoms with Crippen LogP contribution in [0.3, 0.4) is 0 Å². The molecule has 0 radical (unpaired) electrons. The lowest BCUT2D eigenvalue weighted by Gasteiger charge is -2.23. The highest BCUT2D eigenvalue weighted by molar-refractivity contribution is 9.10.